The van der Waals surface area contributed by atoms with Crippen molar-refractivity contribution in [1.29, 1.82) is 0 Å². The van der Waals surface area contributed by atoms with Crippen LogP contribution in [0.5, 0.6) is 0 Å². The maximum absolute atomic E-state index is 9.80. The summed E-state index contributed by atoms with van der Waals surface area (Å²) in [4.78, 5) is 4.89. The summed E-state index contributed by atoms with van der Waals surface area (Å²) in [5.41, 5.74) is 4.73. The number of nitrogens with zero attached hydrogens (tertiary/aromatic N) is 1. The van der Waals surface area contributed by atoms with E-state index in [1.54, 1.807) is 0 Å². The molecule has 26 heavy (non-hydrogen) atoms. The Morgan fingerprint density at radius 2 is 1.96 bits per heavy atom. The van der Waals surface area contributed by atoms with Gasteiger partial charge in [0.1, 0.15) is 6.61 Å². The molecule has 142 valence electrons. The summed E-state index contributed by atoms with van der Waals surface area (Å²) in [5.74, 6) is 1.91. The number of nitrogens with one attached hydrogen (secondary N) is 1. The molecule has 4 nitrogen and oxygen atoms in total. The van der Waals surface area contributed by atoms with E-state index in [-0.39, 0.29) is 18.7 Å². The fraction of sp³-hybridized carbons (Fsp3) is 0.591. The minimum atomic E-state index is 0.0581. The Kier molecular flexibility index (Phi) is 6.02. The molecule has 0 spiro atoms. The second kappa shape index (κ2) is 8.26. The Morgan fingerprint density at radius 1 is 1.19 bits per heavy atom. The summed E-state index contributed by atoms with van der Waals surface area (Å²) < 4.78 is 6.02. The molecule has 1 aliphatic carbocycles. The molecule has 0 amide bonds. The largest absolute Gasteiger partial charge is 0.475 e. The zero-order chi connectivity index (χ0) is 18.7. The molecule has 1 heterocycles. The van der Waals surface area contributed by atoms with Gasteiger partial charge in [-0.15, -0.1) is 0 Å². The van der Waals surface area contributed by atoms with Crippen molar-refractivity contribution in [1.82, 2.24) is 5.32 Å². The molecule has 0 unspecified atom stereocenters. The van der Waals surface area contributed by atoms with Gasteiger partial charge in [0.05, 0.1) is 18.2 Å². The Morgan fingerprint density at radius 3 is 2.65 bits per heavy atom. The van der Waals surface area contributed by atoms with Crippen LogP contribution in [-0.4, -0.2) is 36.3 Å². The first-order valence-corrected chi connectivity index (χ1v) is 9.87. The lowest BCUT2D eigenvalue weighted by Gasteiger charge is -2.21. The van der Waals surface area contributed by atoms with Crippen LogP contribution in [-0.2, 0) is 11.2 Å². The normalized spacial score (nSPS) is 20.4. The second-order valence-corrected chi connectivity index (χ2v) is 8.37. The molecule has 1 aliphatic heterocycles. The number of allylic oxidation sites excluding steroid dienone is 1. The van der Waals surface area contributed by atoms with E-state index in [4.69, 9.17) is 9.73 Å². The summed E-state index contributed by atoms with van der Waals surface area (Å²) in [6, 6.07) is 8.77. The zero-order valence-corrected chi connectivity index (χ0v) is 16.5. The number of hydrogen-bond acceptors (Lipinski definition) is 4. The van der Waals surface area contributed by atoms with Gasteiger partial charge < -0.3 is 15.2 Å². The van der Waals surface area contributed by atoms with E-state index in [0.717, 1.165) is 36.4 Å². The third kappa shape index (κ3) is 4.29. The van der Waals surface area contributed by atoms with Gasteiger partial charge in [-0.05, 0) is 35.8 Å². The minimum Gasteiger partial charge on any atom is -0.475 e. The highest BCUT2D eigenvalue weighted by molar-refractivity contribution is 6.22. The molecule has 0 aromatic heterocycles. The van der Waals surface area contributed by atoms with Crippen LogP contribution in [0.2, 0.25) is 0 Å². The molecule has 2 aliphatic rings. The highest BCUT2D eigenvalue weighted by atomic mass is 16.5. The number of rotatable bonds is 8. The fourth-order valence-electron chi connectivity index (χ4n) is 3.94. The van der Waals surface area contributed by atoms with Crippen molar-refractivity contribution in [2.45, 2.75) is 59.0 Å². The van der Waals surface area contributed by atoms with Crippen LogP contribution in [0.25, 0.3) is 5.57 Å². The van der Waals surface area contributed by atoms with Crippen LogP contribution in [0.15, 0.2) is 35.0 Å². The predicted molar refractivity (Wildman–Crippen MR) is 107 cm³/mol. The maximum Gasteiger partial charge on any atom is 0.218 e. The molecule has 0 saturated carbocycles. The highest BCUT2D eigenvalue weighted by Gasteiger charge is 2.31. The third-order valence-corrected chi connectivity index (χ3v) is 4.98. The smallest absolute Gasteiger partial charge is 0.218 e. The van der Waals surface area contributed by atoms with Gasteiger partial charge in [-0.25, -0.2) is 4.99 Å². The van der Waals surface area contributed by atoms with E-state index in [0.29, 0.717) is 18.4 Å². The van der Waals surface area contributed by atoms with Crippen molar-refractivity contribution in [2.75, 3.05) is 13.2 Å². The number of hydrogen-bond donors (Lipinski definition) is 2. The molecule has 0 saturated heterocycles. The lowest BCUT2D eigenvalue weighted by molar-refractivity contribution is 0.232. The summed E-state index contributed by atoms with van der Waals surface area (Å²) in [7, 11) is 0. The van der Waals surface area contributed by atoms with Gasteiger partial charge in [-0.2, -0.15) is 0 Å². The minimum absolute atomic E-state index is 0.0581. The number of aliphatic imine (C=N–C) groups is 1. The van der Waals surface area contributed by atoms with Crippen LogP contribution >= 0.6 is 0 Å². The van der Waals surface area contributed by atoms with E-state index < -0.39 is 0 Å². The van der Waals surface area contributed by atoms with E-state index >= 15 is 0 Å². The highest BCUT2D eigenvalue weighted by Crippen LogP contribution is 2.35. The molecule has 2 N–H and O–H groups in total. The van der Waals surface area contributed by atoms with Gasteiger partial charge in [-0.3, -0.25) is 0 Å². The van der Waals surface area contributed by atoms with Crippen molar-refractivity contribution >= 4 is 11.5 Å². The van der Waals surface area contributed by atoms with Gasteiger partial charge in [0.25, 0.3) is 0 Å². The first-order valence-electron chi connectivity index (χ1n) is 9.87. The molecule has 1 aromatic rings. The van der Waals surface area contributed by atoms with Crippen LogP contribution in [0.3, 0.4) is 0 Å². The second-order valence-electron chi connectivity index (χ2n) is 8.37. The first-order chi connectivity index (χ1) is 12.5. The Balaban J connectivity index is 1.90. The molecule has 1 aromatic carbocycles. The van der Waals surface area contributed by atoms with Crippen molar-refractivity contribution in [3.8, 4) is 0 Å². The van der Waals surface area contributed by atoms with Gasteiger partial charge in [0.15, 0.2) is 0 Å². The Bertz CT molecular complexity index is 691. The molecule has 0 bridgehead atoms. The molecule has 4 heteroatoms. The molecular formula is C22H32N2O2. The number of aliphatic hydroxyl groups is 1. The number of fused-ring (bicyclic) bond motifs is 1. The van der Waals surface area contributed by atoms with E-state index in [9.17, 15) is 5.11 Å². The van der Waals surface area contributed by atoms with E-state index in [2.05, 4.69) is 57.3 Å². The lowest BCUT2D eigenvalue weighted by atomic mass is 10.0. The average molecular weight is 357 g/mol. The average Bonchev–Trinajstić information content (AvgIpc) is 3.16. The van der Waals surface area contributed by atoms with Gasteiger partial charge >= 0.3 is 0 Å². The molecule has 2 atom stereocenters. The summed E-state index contributed by atoms with van der Waals surface area (Å²) >= 11 is 0. The van der Waals surface area contributed by atoms with Gasteiger partial charge in [0, 0.05) is 18.2 Å². The van der Waals surface area contributed by atoms with Crippen LogP contribution in [0.4, 0.5) is 0 Å². The molecular weight excluding hydrogens is 324 g/mol. The summed E-state index contributed by atoms with van der Waals surface area (Å²) in [5, 5.41) is 13.4. The zero-order valence-electron chi connectivity index (χ0n) is 16.5. The lowest BCUT2D eigenvalue weighted by Crippen LogP contribution is -2.34. The number of benzene rings is 1. The predicted octanol–water partition coefficient (Wildman–Crippen LogP) is 3.79. The van der Waals surface area contributed by atoms with Crippen molar-refractivity contribution in [2.24, 2.45) is 16.8 Å². The van der Waals surface area contributed by atoms with Crippen LogP contribution < -0.4 is 5.32 Å². The van der Waals surface area contributed by atoms with E-state index in [1.807, 2.05) is 0 Å². The third-order valence-electron chi connectivity index (χ3n) is 4.98. The first kappa shape index (κ1) is 19.0. The molecule has 3 rings (SSSR count). The topological polar surface area (TPSA) is 53.8 Å². The maximum atomic E-state index is 9.80. The van der Waals surface area contributed by atoms with Crippen molar-refractivity contribution < 1.29 is 9.84 Å². The molecule has 0 fully saturated rings. The Hall–Kier alpha value is -1.81. The van der Waals surface area contributed by atoms with Crippen LogP contribution in [0, 0.1) is 11.8 Å². The summed E-state index contributed by atoms with van der Waals surface area (Å²) in [6.07, 6.45) is 2.83. The fourth-order valence-corrected chi connectivity index (χ4v) is 3.94. The Labute approximate surface area is 157 Å². The molecule has 0 radical (unpaired) electrons. The summed E-state index contributed by atoms with van der Waals surface area (Å²) in [6.45, 7) is 9.62. The van der Waals surface area contributed by atoms with Crippen LogP contribution in [0.1, 0.15) is 51.7 Å². The standard InChI is InChI=1S/C22H32N2O2/c1-14(2)9-17(12-25)23-20-11-16-7-5-6-8-19(16)21(20)22-24-18(13-26-22)10-15(3)4/h5-8,14-15,17-18,23,25H,9-13H2,1-4H3/t17-,18-/m0/s1. The van der Waals surface area contributed by atoms with Crippen molar-refractivity contribution in [3.63, 3.8) is 0 Å². The quantitative estimate of drug-likeness (QED) is 0.745. The van der Waals surface area contributed by atoms with Crippen molar-refractivity contribution in [3.05, 3.63) is 41.1 Å². The van der Waals surface area contributed by atoms with E-state index in [1.165, 1.54) is 11.1 Å². The monoisotopic (exact) mass is 356 g/mol. The SMILES string of the molecule is CC(C)C[C@H]1COC(C2=C(N[C@H](CO)CC(C)C)Cc3ccccc32)=N1. The van der Waals surface area contributed by atoms with Gasteiger partial charge in [0.2, 0.25) is 5.90 Å². The van der Waals surface area contributed by atoms with Gasteiger partial charge in [-0.1, -0.05) is 52.0 Å². The number of aliphatic hydroxyl groups excluding tert-OH is 1. The number of ether oxygens (including phenoxy) is 1.